The van der Waals surface area contributed by atoms with E-state index in [0.29, 0.717) is 23.6 Å². The molecule has 0 aromatic carbocycles. The lowest BCUT2D eigenvalue weighted by Gasteiger charge is -2.08. The van der Waals surface area contributed by atoms with Crippen LogP contribution >= 0.6 is 0 Å². The summed E-state index contributed by atoms with van der Waals surface area (Å²) >= 11 is 0. The number of nitrogens with zero attached hydrogens (tertiary/aromatic N) is 5. The van der Waals surface area contributed by atoms with Crippen molar-refractivity contribution >= 4 is 16.9 Å². The van der Waals surface area contributed by atoms with Crippen molar-refractivity contribution in [2.45, 2.75) is 53.6 Å². The molecule has 7 heteroatoms. The van der Waals surface area contributed by atoms with Crippen LogP contribution in [0.15, 0.2) is 15.8 Å². The van der Waals surface area contributed by atoms with Crippen molar-refractivity contribution in [3.05, 3.63) is 32.7 Å². The Hall–Kier alpha value is -2.31. The molecule has 7 nitrogen and oxygen atoms in total. The SMILES string of the molecule is CCCCn1c(=O)c2c(nc3n(CC(C)C)c(C)cn23)n(C)c1=O. The first kappa shape index (κ1) is 16.5. The van der Waals surface area contributed by atoms with Gasteiger partial charge in [-0.05, 0) is 19.3 Å². The zero-order chi connectivity index (χ0) is 17.6. The molecule has 0 atom stereocenters. The first-order valence-electron chi connectivity index (χ1n) is 8.54. The zero-order valence-corrected chi connectivity index (χ0v) is 15.0. The Morgan fingerprint density at radius 2 is 1.92 bits per heavy atom. The molecule has 0 aliphatic carbocycles. The summed E-state index contributed by atoms with van der Waals surface area (Å²) < 4.78 is 6.74. The summed E-state index contributed by atoms with van der Waals surface area (Å²) in [5.74, 6) is 1.18. The van der Waals surface area contributed by atoms with Gasteiger partial charge in [-0.15, -0.1) is 0 Å². The van der Waals surface area contributed by atoms with Crippen LogP contribution in [0.3, 0.4) is 0 Å². The third-order valence-corrected chi connectivity index (χ3v) is 4.42. The van der Waals surface area contributed by atoms with Crippen LogP contribution in [0.25, 0.3) is 16.9 Å². The molecule has 0 aliphatic heterocycles. The number of fused-ring (bicyclic) bond motifs is 3. The number of imidazole rings is 2. The summed E-state index contributed by atoms with van der Waals surface area (Å²) in [4.78, 5) is 30.0. The second kappa shape index (κ2) is 5.96. The molecule has 3 rings (SSSR count). The maximum atomic E-state index is 12.9. The molecule has 0 radical (unpaired) electrons. The normalized spacial score (nSPS) is 12.1. The van der Waals surface area contributed by atoms with E-state index in [-0.39, 0.29) is 11.2 Å². The highest BCUT2D eigenvalue weighted by atomic mass is 16.2. The van der Waals surface area contributed by atoms with Crippen molar-refractivity contribution in [2.75, 3.05) is 0 Å². The van der Waals surface area contributed by atoms with E-state index >= 15 is 0 Å². The summed E-state index contributed by atoms with van der Waals surface area (Å²) in [5, 5.41) is 0. The predicted octanol–water partition coefficient (Wildman–Crippen LogP) is 1.91. The minimum Gasteiger partial charge on any atom is -0.314 e. The lowest BCUT2D eigenvalue weighted by Crippen LogP contribution is -2.39. The molecule has 0 amide bonds. The summed E-state index contributed by atoms with van der Waals surface area (Å²) in [6.45, 7) is 9.61. The lowest BCUT2D eigenvalue weighted by atomic mass is 10.2. The summed E-state index contributed by atoms with van der Waals surface area (Å²) in [6.07, 6.45) is 3.67. The van der Waals surface area contributed by atoms with Crippen molar-refractivity contribution in [1.29, 1.82) is 0 Å². The van der Waals surface area contributed by atoms with Crippen LogP contribution in [-0.2, 0) is 20.1 Å². The lowest BCUT2D eigenvalue weighted by molar-refractivity contribution is 0.524. The van der Waals surface area contributed by atoms with Crippen LogP contribution in [0.4, 0.5) is 0 Å². The highest BCUT2D eigenvalue weighted by Gasteiger charge is 2.20. The Morgan fingerprint density at radius 3 is 2.54 bits per heavy atom. The quantitative estimate of drug-likeness (QED) is 0.717. The van der Waals surface area contributed by atoms with Crippen molar-refractivity contribution < 1.29 is 0 Å². The molecule has 3 aromatic heterocycles. The fourth-order valence-electron chi connectivity index (χ4n) is 3.16. The molecule has 0 saturated carbocycles. The van der Waals surface area contributed by atoms with Gasteiger partial charge in [0.2, 0.25) is 5.78 Å². The molecule has 0 N–H and O–H groups in total. The third-order valence-electron chi connectivity index (χ3n) is 4.42. The largest absolute Gasteiger partial charge is 0.332 e. The van der Waals surface area contributed by atoms with Crippen LogP contribution in [-0.4, -0.2) is 23.1 Å². The topological polar surface area (TPSA) is 66.2 Å². The summed E-state index contributed by atoms with van der Waals surface area (Å²) in [5.41, 5.74) is 1.44. The third kappa shape index (κ3) is 2.39. The molecule has 130 valence electrons. The number of aryl methyl sites for hydroxylation is 2. The first-order chi connectivity index (χ1) is 11.4. The zero-order valence-electron chi connectivity index (χ0n) is 15.0. The molecule has 0 unspecified atom stereocenters. The van der Waals surface area contributed by atoms with E-state index in [1.165, 1.54) is 9.13 Å². The standard InChI is InChI=1S/C17H25N5O2/c1-6-7-8-20-15(23)13-14(19(5)17(20)24)18-16-21(9-11(2)3)12(4)10-22(13)16/h10-11H,6-9H2,1-5H3. The van der Waals surface area contributed by atoms with Crippen LogP contribution in [0.2, 0.25) is 0 Å². The molecular formula is C17H25N5O2. The van der Waals surface area contributed by atoms with Gasteiger partial charge in [0.1, 0.15) is 0 Å². The van der Waals surface area contributed by atoms with Gasteiger partial charge in [-0.25, -0.2) is 4.79 Å². The second-order valence-corrected chi connectivity index (χ2v) is 6.88. The van der Waals surface area contributed by atoms with Crippen LogP contribution in [0, 0.1) is 12.8 Å². The average molecular weight is 331 g/mol. The van der Waals surface area contributed by atoms with Crippen LogP contribution < -0.4 is 11.2 Å². The molecule has 0 spiro atoms. The van der Waals surface area contributed by atoms with E-state index < -0.39 is 0 Å². The highest BCUT2D eigenvalue weighted by molar-refractivity contribution is 5.75. The maximum Gasteiger partial charge on any atom is 0.332 e. The van der Waals surface area contributed by atoms with Gasteiger partial charge >= 0.3 is 5.69 Å². The number of rotatable bonds is 5. The van der Waals surface area contributed by atoms with Gasteiger partial charge < -0.3 is 4.57 Å². The van der Waals surface area contributed by atoms with Crippen molar-refractivity contribution in [1.82, 2.24) is 23.1 Å². The van der Waals surface area contributed by atoms with Gasteiger partial charge in [-0.3, -0.25) is 18.3 Å². The Morgan fingerprint density at radius 1 is 1.21 bits per heavy atom. The minimum atomic E-state index is -0.297. The smallest absolute Gasteiger partial charge is 0.314 e. The van der Waals surface area contributed by atoms with E-state index in [1.54, 1.807) is 7.05 Å². The van der Waals surface area contributed by atoms with Gasteiger partial charge in [0.25, 0.3) is 5.56 Å². The van der Waals surface area contributed by atoms with Gasteiger partial charge in [0.05, 0.1) is 0 Å². The fourth-order valence-corrected chi connectivity index (χ4v) is 3.16. The van der Waals surface area contributed by atoms with Crippen LogP contribution in [0.5, 0.6) is 0 Å². The first-order valence-corrected chi connectivity index (χ1v) is 8.54. The number of hydrogen-bond acceptors (Lipinski definition) is 3. The summed E-state index contributed by atoms with van der Waals surface area (Å²) in [6, 6.07) is 0. The van der Waals surface area contributed by atoms with Crippen molar-refractivity contribution in [3.63, 3.8) is 0 Å². The Balaban J connectivity index is 2.37. The van der Waals surface area contributed by atoms with Gasteiger partial charge in [-0.1, -0.05) is 27.2 Å². The fraction of sp³-hybridized carbons (Fsp3) is 0.588. The Kier molecular flexibility index (Phi) is 4.11. The van der Waals surface area contributed by atoms with Crippen LogP contribution in [0.1, 0.15) is 39.3 Å². The molecule has 0 fully saturated rings. The molecular weight excluding hydrogens is 306 g/mol. The second-order valence-electron chi connectivity index (χ2n) is 6.88. The van der Waals surface area contributed by atoms with E-state index in [2.05, 4.69) is 23.4 Å². The Labute approximate surface area is 140 Å². The van der Waals surface area contributed by atoms with E-state index in [4.69, 9.17) is 0 Å². The van der Waals surface area contributed by atoms with E-state index in [9.17, 15) is 9.59 Å². The predicted molar refractivity (Wildman–Crippen MR) is 94.7 cm³/mol. The Bertz CT molecular complexity index is 1020. The van der Waals surface area contributed by atoms with Gasteiger partial charge in [-0.2, -0.15) is 4.98 Å². The number of unbranched alkanes of at least 4 members (excludes halogenated alkanes) is 1. The van der Waals surface area contributed by atoms with Gasteiger partial charge in [0.15, 0.2) is 11.2 Å². The summed E-state index contributed by atoms with van der Waals surface area (Å²) in [7, 11) is 1.68. The molecule has 0 bridgehead atoms. The monoisotopic (exact) mass is 331 g/mol. The highest BCUT2D eigenvalue weighted by Crippen LogP contribution is 2.17. The molecule has 0 aliphatic rings. The number of aromatic nitrogens is 5. The number of hydrogen-bond donors (Lipinski definition) is 0. The minimum absolute atomic E-state index is 0.254. The van der Waals surface area contributed by atoms with E-state index in [0.717, 1.165) is 30.9 Å². The molecule has 24 heavy (non-hydrogen) atoms. The van der Waals surface area contributed by atoms with Gasteiger partial charge in [0, 0.05) is 32.0 Å². The average Bonchev–Trinajstić information content (AvgIpc) is 3.02. The maximum absolute atomic E-state index is 12.9. The van der Waals surface area contributed by atoms with Crippen molar-refractivity contribution in [2.24, 2.45) is 13.0 Å². The van der Waals surface area contributed by atoms with E-state index in [1.807, 2.05) is 24.4 Å². The molecule has 3 aromatic rings. The molecule has 0 saturated heterocycles. The molecule has 3 heterocycles. The van der Waals surface area contributed by atoms with Crippen molar-refractivity contribution in [3.8, 4) is 0 Å².